The molecule has 1 spiro atoms. The second-order valence-electron chi connectivity index (χ2n) is 8.22. The summed E-state index contributed by atoms with van der Waals surface area (Å²) in [5.74, 6) is -2.95. The molecule has 6 nitrogen and oxygen atoms in total. The van der Waals surface area contributed by atoms with E-state index in [0.29, 0.717) is 21.6 Å². The summed E-state index contributed by atoms with van der Waals surface area (Å²) in [7, 11) is -4.50. The summed E-state index contributed by atoms with van der Waals surface area (Å²) in [6, 6.07) is 16.4. The first-order valence-corrected chi connectivity index (χ1v) is 12.4. The van der Waals surface area contributed by atoms with E-state index in [2.05, 4.69) is 0 Å². The van der Waals surface area contributed by atoms with Crippen LogP contribution in [0.4, 0.5) is 24.5 Å². The number of hydrogen-bond donors (Lipinski definition) is 0. The van der Waals surface area contributed by atoms with Gasteiger partial charge in [-0.3, -0.25) is 14.5 Å². The van der Waals surface area contributed by atoms with Crippen LogP contribution >= 0.6 is 11.6 Å². The molecule has 2 aliphatic rings. The maximum absolute atomic E-state index is 14.0. The van der Waals surface area contributed by atoms with E-state index in [1.807, 2.05) is 0 Å². The Morgan fingerprint density at radius 3 is 2.37 bits per heavy atom. The molecule has 2 heterocycles. The van der Waals surface area contributed by atoms with Gasteiger partial charge in [-0.25, -0.2) is 8.42 Å². The molecule has 180 valence electrons. The van der Waals surface area contributed by atoms with Crippen LogP contribution in [0.3, 0.4) is 0 Å². The third-order valence-corrected chi connectivity index (χ3v) is 8.42. The van der Waals surface area contributed by atoms with Crippen molar-refractivity contribution in [2.24, 2.45) is 0 Å². The molecule has 5 rings (SSSR count). The number of halogens is 4. The number of nitrogens with zero attached hydrogens (tertiary/aromatic N) is 2. The molecular formula is C24H16ClF3N2O4S. The molecule has 3 aromatic carbocycles. The Kier molecular flexibility index (Phi) is 5.22. The van der Waals surface area contributed by atoms with Crippen LogP contribution in [0.25, 0.3) is 0 Å². The number of amides is 2. The largest absolute Gasteiger partial charge is 0.416 e. The molecular weight excluding hydrogens is 505 g/mol. The maximum Gasteiger partial charge on any atom is 0.416 e. The fourth-order valence-electron chi connectivity index (χ4n) is 4.69. The lowest BCUT2D eigenvalue weighted by atomic mass is 10.0. The Labute approximate surface area is 203 Å². The second-order valence-corrected chi connectivity index (χ2v) is 10.8. The van der Waals surface area contributed by atoms with E-state index in [9.17, 15) is 31.2 Å². The number of benzene rings is 3. The van der Waals surface area contributed by atoms with Crippen molar-refractivity contribution < 1.29 is 31.2 Å². The number of para-hydroxylation sites is 1. The van der Waals surface area contributed by atoms with Gasteiger partial charge in [-0.15, -0.1) is 0 Å². The van der Waals surface area contributed by atoms with Crippen LogP contribution < -0.4 is 9.80 Å². The van der Waals surface area contributed by atoms with Crippen molar-refractivity contribution in [3.63, 3.8) is 0 Å². The van der Waals surface area contributed by atoms with E-state index in [0.717, 1.165) is 12.1 Å². The van der Waals surface area contributed by atoms with Crippen molar-refractivity contribution in [3.05, 3.63) is 94.5 Å². The second kappa shape index (κ2) is 7.82. The molecule has 1 atom stereocenters. The first-order valence-electron chi connectivity index (χ1n) is 10.4. The van der Waals surface area contributed by atoms with Crippen LogP contribution in [0, 0.1) is 0 Å². The van der Waals surface area contributed by atoms with E-state index in [1.165, 1.54) is 29.2 Å². The van der Waals surface area contributed by atoms with Crippen molar-refractivity contribution >= 4 is 44.6 Å². The number of carbonyl (C=O) groups excluding carboxylic acids is 2. The zero-order chi connectivity index (χ0) is 25.2. The third-order valence-electron chi connectivity index (χ3n) is 6.08. The van der Waals surface area contributed by atoms with E-state index in [1.54, 1.807) is 30.3 Å². The van der Waals surface area contributed by atoms with Gasteiger partial charge in [-0.1, -0.05) is 48.0 Å². The molecule has 11 heteroatoms. The minimum absolute atomic E-state index is 0.00953. The van der Waals surface area contributed by atoms with Crippen molar-refractivity contribution in [1.82, 2.24) is 0 Å². The minimum Gasteiger partial charge on any atom is -0.304 e. The normalized spacial score (nSPS) is 21.1. The van der Waals surface area contributed by atoms with Gasteiger partial charge in [-0.05, 0) is 42.0 Å². The molecule has 1 saturated heterocycles. The minimum atomic E-state index is -4.74. The molecule has 0 unspecified atom stereocenters. The van der Waals surface area contributed by atoms with Gasteiger partial charge in [0.1, 0.15) is 5.75 Å². The maximum atomic E-state index is 14.0. The molecule has 0 saturated carbocycles. The molecule has 0 bridgehead atoms. The van der Waals surface area contributed by atoms with Gasteiger partial charge >= 0.3 is 6.18 Å². The Bertz CT molecular complexity index is 1490. The highest BCUT2D eigenvalue weighted by Gasteiger charge is 2.69. The topological polar surface area (TPSA) is 74.8 Å². The van der Waals surface area contributed by atoms with E-state index in [-0.39, 0.29) is 23.5 Å². The molecule has 2 aliphatic heterocycles. The van der Waals surface area contributed by atoms with Gasteiger partial charge in [0.25, 0.3) is 10.8 Å². The Hall–Kier alpha value is -3.37. The standard InChI is InChI=1S/C24H16ClF3N2O4S/c25-17-7-3-5-15(11-17)13-29-20-10-2-1-9-19(20)23(22(29)32)30(21(31)14-35(23,33)34)18-8-4-6-16(12-18)24(26,27)28/h1-12H,13-14H2/t23-/m0/s1. The van der Waals surface area contributed by atoms with Crippen LogP contribution in [0.2, 0.25) is 5.02 Å². The van der Waals surface area contributed by atoms with Gasteiger partial charge in [0.15, 0.2) is 9.84 Å². The molecule has 3 aromatic rings. The smallest absolute Gasteiger partial charge is 0.304 e. The summed E-state index contributed by atoms with van der Waals surface area (Å²) < 4.78 is 67.3. The highest BCUT2D eigenvalue weighted by molar-refractivity contribution is 7.94. The highest BCUT2D eigenvalue weighted by Crippen LogP contribution is 2.53. The summed E-state index contributed by atoms with van der Waals surface area (Å²) in [6.45, 7) is -0.0572. The van der Waals surface area contributed by atoms with Gasteiger partial charge in [0.05, 0.1) is 17.8 Å². The SMILES string of the molecule is O=C1CS(=O)(=O)[C@@]2(C(=O)N(Cc3cccc(Cl)c3)c3ccccc32)N1c1cccc(C(F)(F)F)c1. The van der Waals surface area contributed by atoms with Crippen molar-refractivity contribution in [2.45, 2.75) is 17.6 Å². The number of carbonyl (C=O) groups is 2. The molecule has 0 aliphatic carbocycles. The summed E-state index contributed by atoms with van der Waals surface area (Å²) >= 11 is 6.06. The van der Waals surface area contributed by atoms with Gasteiger partial charge < -0.3 is 4.90 Å². The number of rotatable bonds is 3. The fourth-order valence-corrected chi connectivity index (χ4v) is 6.93. The predicted molar refractivity (Wildman–Crippen MR) is 123 cm³/mol. The van der Waals surface area contributed by atoms with Crippen LogP contribution in [0.15, 0.2) is 72.8 Å². The van der Waals surface area contributed by atoms with Gasteiger partial charge in [0.2, 0.25) is 5.91 Å². The predicted octanol–water partition coefficient (Wildman–Crippen LogP) is 4.52. The number of alkyl halides is 3. The van der Waals surface area contributed by atoms with Crippen LogP contribution in [0.1, 0.15) is 16.7 Å². The molecule has 0 aromatic heterocycles. The van der Waals surface area contributed by atoms with Crippen LogP contribution in [-0.2, 0) is 37.0 Å². The molecule has 2 amide bonds. The Balaban J connectivity index is 1.73. The quantitative estimate of drug-likeness (QED) is 0.509. The van der Waals surface area contributed by atoms with E-state index >= 15 is 0 Å². The molecule has 0 N–H and O–H groups in total. The Morgan fingerprint density at radius 2 is 1.66 bits per heavy atom. The lowest BCUT2D eigenvalue weighted by molar-refractivity contribution is -0.137. The number of anilines is 2. The van der Waals surface area contributed by atoms with Gasteiger partial charge in [0, 0.05) is 16.3 Å². The first kappa shape index (κ1) is 23.4. The lowest BCUT2D eigenvalue weighted by Crippen LogP contribution is -2.54. The Morgan fingerprint density at radius 1 is 0.943 bits per heavy atom. The summed E-state index contributed by atoms with van der Waals surface area (Å²) in [4.78, 5) is 26.4. The summed E-state index contributed by atoms with van der Waals surface area (Å²) in [5.41, 5.74) is -0.552. The summed E-state index contributed by atoms with van der Waals surface area (Å²) in [5, 5.41) is 0.409. The van der Waals surface area contributed by atoms with Crippen molar-refractivity contribution in [3.8, 4) is 0 Å². The first-order chi connectivity index (χ1) is 16.5. The monoisotopic (exact) mass is 520 g/mol. The third kappa shape index (κ3) is 3.42. The average molecular weight is 521 g/mol. The zero-order valence-electron chi connectivity index (χ0n) is 17.8. The fraction of sp³-hybridized carbons (Fsp3) is 0.167. The van der Waals surface area contributed by atoms with E-state index < -0.39 is 44.0 Å². The average Bonchev–Trinajstić information content (AvgIpc) is 3.16. The molecule has 35 heavy (non-hydrogen) atoms. The van der Waals surface area contributed by atoms with Crippen molar-refractivity contribution in [1.29, 1.82) is 0 Å². The number of hydrogen-bond acceptors (Lipinski definition) is 4. The molecule has 0 radical (unpaired) electrons. The zero-order valence-corrected chi connectivity index (χ0v) is 19.4. The summed E-state index contributed by atoms with van der Waals surface area (Å²) in [6.07, 6.45) is -4.74. The van der Waals surface area contributed by atoms with Crippen LogP contribution in [0.5, 0.6) is 0 Å². The highest BCUT2D eigenvalue weighted by atomic mass is 35.5. The van der Waals surface area contributed by atoms with Crippen LogP contribution in [-0.4, -0.2) is 26.0 Å². The van der Waals surface area contributed by atoms with Crippen molar-refractivity contribution in [2.75, 3.05) is 15.6 Å². The number of sulfone groups is 1. The lowest BCUT2D eigenvalue weighted by Gasteiger charge is -2.33. The van der Waals surface area contributed by atoms with E-state index in [4.69, 9.17) is 11.6 Å². The number of fused-ring (bicyclic) bond motifs is 2. The molecule has 1 fully saturated rings. The van der Waals surface area contributed by atoms with Gasteiger partial charge in [-0.2, -0.15) is 13.2 Å².